The summed E-state index contributed by atoms with van der Waals surface area (Å²) in [6.45, 7) is 1.79. The van der Waals surface area contributed by atoms with Gasteiger partial charge in [-0.2, -0.15) is 0 Å². The number of hydrogen-bond donors (Lipinski definition) is 2. The van der Waals surface area contributed by atoms with Crippen LogP contribution in [0.4, 0.5) is 20.2 Å². The van der Waals surface area contributed by atoms with Gasteiger partial charge in [0.05, 0.1) is 23.1 Å². The van der Waals surface area contributed by atoms with Crippen LogP contribution in [0.25, 0.3) is 0 Å². The molecule has 27 heavy (non-hydrogen) atoms. The minimum Gasteiger partial charge on any atom is -0.324 e. The number of halogens is 2. The lowest BCUT2D eigenvalue weighted by atomic mass is 10.0. The van der Waals surface area contributed by atoms with Crippen LogP contribution in [0.15, 0.2) is 42.6 Å². The van der Waals surface area contributed by atoms with Crippen molar-refractivity contribution >= 4 is 23.2 Å². The van der Waals surface area contributed by atoms with Crippen molar-refractivity contribution < 1.29 is 18.4 Å². The molecule has 5 nitrogen and oxygen atoms in total. The van der Waals surface area contributed by atoms with E-state index >= 15 is 0 Å². The van der Waals surface area contributed by atoms with Gasteiger partial charge in [-0.25, -0.2) is 8.78 Å². The Bertz CT molecular complexity index is 895. The van der Waals surface area contributed by atoms with Gasteiger partial charge in [0.15, 0.2) is 0 Å². The summed E-state index contributed by atoms with van der Waals surface area (Å²) in [6, 6.07) is 4.91. The van der Waals surface area contributed by atoms with E-state index in [1.54, 1.807) is 19.1 Å². The van der Waals surface area contributed by atoms with Gasteiger partial charge in [0.1, 0.15) is 11.6 Å². The Labute approximate surface area is 155 Å². The molecule has 2 N–H and O–H groups in total. The third-order valence-electron chi connectivity index (χ3n) is 4.30. The zero-order chi connectivity index (χ0) is 19.4. The molecule has 3 rings (SSSR count). The number of allylic oxidation sites excluding steroid dienone is 2. The van der Waals surface area contributed by atoms with E-state index in [0.29, 0.717) is 11.8 Å². The van der Waals surface area contributed by atoms with Crippen LogP contribution >= 0.6 is 0 Å². The number of hydrogen-bond acceptors (Lipinski definition) is 3. The van der Waals surface area contributed by atoms with E-state index < -0.39 is 17.5 Å². The Balaban J connectivity index is 1.74. The minimum atomic E-state index is -1.01. The molecule has 1 aliphatic carbocycles. The molecule has 2 aromatic rings. The quantitative estimate of drug-likeness (QED) is 0.773. The average molecular weight is 371 g/mol. The molecule has 1 aromatic heterocycles. The highest BCUT2D eigenvalue weighted by molar-refractivity contribution is 6.05. The molecule has 0 saturated heterocycles. The van der Waals surface area contributed by atoms with Gasteiger partial charge in [-0.15, -0.1) is 0 Å². The highest BCUT2D eigenvalue weighted by Crippen LogP contribution is 2.24. The van der Waals surface area contributed by atoms with Crippen molar-refractivity contribution in [2.75, 3.05) is 10.6 Å². The van der Waals surface area contributed by atoms with E-state index in [2.05, 4.69) is 15.6 Å². The summed E-state index contributed by atoms with van der Waals surface area (Å²) in [7, 11) is 0. The first kappa shape index (κ1) is 18.7. The van der Waals surface area contributed by atoms with Crippen molar-refractivity contribution in [1.82, 2.24) is 4.98 Å². The first-order valence-corrected chi connectivity index (χ1v) is 8.62. The number of benzene rings is 1. The molecular weight excluding hydrogens is 352 g/mol. The van der Waals surface area contributed by atoms with Crippen molar-refractivity contribution in [3.63, 3.8) is 0 Å². The summed E-state index contributed by atoms with van der Waals surface area (Å²) in [5, 5.41) is 4.92. The third kappa shape index (κ3) is 4.75. The number of carbonyl (C=O) groups excluding carboxylic acids is 2. The monoisotopic (exact) mass is 371 g/mol. The summed E-state index contributed by atoms with van der Waals surface area (Å²) >= 11 is 0. The Morgan fingerprint density at radius 2 is 2.00 bits per heavy atom. The standard InChI is InChI=1S/C20H19F2N3O2/c1-12-6-7-14(11-23-12)24-20(27)15-9-18(17(22)10-16(15)21)25-19(26)8-13-4-2-3-5-13/h2,4,6-7,9-11,13H,3,5,8H2,1H3,(H,24,27)(H,25,26). The predicted molar refractivity (Wildman–Crippen MR) is 98.4 cm³/mol. The predicted octanol–water partition coefficient (Wildman–Crippen LogP) is 4.22. The number of rotatable bonds is 5. The highest BCUT2D eigenvalue weighted by atomic mass is 19.1. The van der Waals surface area contributed by atoms with Crippen molar-refractivity contribution in [1.29, 1.82) is 0 Å². The van der Waals surface area contributed by atoms with Gasteiger partial charge >= 0.3 is 0 Å². The first-order valence-electron chi connectivity index (χ1n) is 8.62. The Hall–Kier alpha value is -3.09. The van der Waals surface area contributed by atoms with E-state index in [-0.39, 0.29) is 29.5 Å². The molecular formula is C20H19F2N3O2. The normalized spacial score (nSPS) is 15.6. The largest absolute Gasteiger partial charge is 0.324 e. The maximum Gasteiger partial charge on any atom is 0.258 e. The summed E-state index contributed by atoms with van der Waals surface area (Å²) in [4.78, 5) is 28.5. The molecule has 0 fully saturated rings. The van der Waals surface area contributed by atoms with E-state index in [1.165, 1.54) is 6.20 Å². The molecule has 1 atom stereocenters. The van der Waals surface area contributed by atoms with Gasteiger partial charge in [0, 0.05) is 18.2 Å². The van der Waals surface area contributed by atoms with Crippen LogP contribution in [0.2, 0.25) is 0 Å². The number of nitrogens with one attached hydrogen (secondary N) is 2. The van der Waals surface area contributed by atoms with E-state index in [1.807, 2.05) is 12.2 Å². The molecule has 2 amide bonds. The van der Waals surface area contributed by atoms with Gasteiger partial charge < -0.3 is 10.6 Å². The molecule has 1 aromatic carbocycles. The second-order valence-electron chi connectivity index (χ2n) is 6.47. The third-order valence-corrected chi connectivity index (χ3v) is 4.30. The zero-order valence-electron chi connectivity index (χ0n) is 14.8. The Kier molecular flexibility index (Phi) is 5.59. The van der Waals surface area contributed by atoms with Crippen LogP contribution in [-0.4, -0.2) is 16.8 Å². The lowest BCUT2D eigenvalue weighted by Gasteiger charge is -2.12. The number of carbonyl (C=O) groups is 2. The lowest BCUT2D eigenvalue weighted by molar-refractivity contribution is -0.116. The number of aromatic nitrogens is 1. The zero-order valence-corrected chi connectivity index (χ0v) is 14.8. The Morgan fingerprint density at radius 1 is 1.19 bits per heavy atom. The summed E-state index contributed by atoms with van der Waals surface area (Å²) < 4.78 is 28.1. The van der Waals surface area contributed by atoms with Crippen LogP contribution in [-0.2, 0) is 4.79 Å². The van der Waals surface area contributed by atoms with Gasteiger partial charge in [-0.05, 0) is 43.9 Å². The molecule has 0 bridgehead atoms. The number of amides is 2. The van der Waals surface area contributed by atoms with Gasteiger partial charge in [-0.1, -0.05) is 12.2 Å². The molecule has 0 aliphatic heterocycles. The SMILES string of the molecule is Cc1ccc(NC(=O)c2cc(NC(=O)CC3C=CCC3)c(F)cc2F)cn1. The number of anilines is 2. The molecule has 1 unspecified atom stereocenters. The number of aryl methyl sites for hydroxylation is 1. The van der Waals surface area contributed by atoms with Crippen molar-refractivity contribution in [2.45, 2.75) is 26.2 Å². The smallest absolute Gasteiger partial charge is 0.258 e. The summed E-state index contributed by atoms with van der Waals surface area (Å²) in [6.07, 6.45) is 7.39. The fourth-order valence-corrected chi connectivity index (χ4v) is 2.86. The summed E-state index contributed by atoms with van der Waals surface area (Å²) in [5.41, 5.74) is 0.555. The van der Waals surface area contributed by atoms with Gasteiger partial charge in [0.25, 0.3) is 5.91 Å². The average Bonchev–Trinajstić information content (AvgIpc) is 3.12. The van der Waals surface area contributed by atoms with Gasteiger partial charge in [-0.3, -0.25) is 14.6 Å². The van der Waals surface area contributed by atoms with Crippen LogP contribution in [0.3, 0.4) is 0 Å². The van der Waals surface area contributed by atoms with Crippen LogP contribution in [0, 0.1) is 24.5 Å². The fourth-order valence-electron chi connectivity index (χ4n) is 2.86. The van der Waals surface area contributed by atoms with E-state index in [0.717, 1.165) is 24.6 Å². The van der Waals surface area contributed by atoms with Crippen LogP contribution < -0.4 is 10.6 Å². The maximum atomic E-state index is 14.1. The summed E-state index contributed by atoms with van der Waals surface area (Å²) in [5.74, 6) is -2.97. The van der Waals surface area contributed by atoms with Crippen molar-refractivity contribution in [2.24, 2.45) is 5.92 Å². The fraction of sp³-hybridized carbons (Fsp3) is 0.250. The number of nitrogens with zero attached hydrogens (tertiary/aromatic N) is 1. The van der Waals surface area contributed by atoms with Crippen LogP contribution in [0.5, 0.6) is 0 Å². The molecule has 1 heterocycles. The molecule has 0 radical (unpaired) electrons. The molecule has 7 heteroatoms. The molecule has 140 valence electrons. The molecule has 1 aliphatic rings. The van der Waals surface area contributed by atoms with Crippen molar-refractivity contribution in [3.8, 4) is 0 Å². The van der Waals surface area contributed by atoms with E-state index in [4.69, 9.17) is 0 Å². The molecule has 0 spiro atoms. The first-order chi connectivity index (χ1) is 12.9. The maximum absolute atomic E-state index is 14.1. The Morgan fingerprint density at radius 3 is 2.67 bits per heavy atom. The van der Waals surface area contributed by atoms with Crippen molar-refractivity contribution in [3.05, 3.63) is 65.5 Å². The lowest BCUT2D eigenvalue weighted by Crippen LogP contribution is -2.18. The second-order valence-corrected chi connectivity index (χ2v) is 6.47. The van der Waals surface area contributed by atoms with E-state index in [9.17, 15) is 18.4 Å². The highest BCUT2D eigenvalue weighted by Gasteiger charge is 2.19. The van der Waals surface area contributed by atoms with Gasteiger partial charge in [0.2, 0.25) is 5.91 Å². The second kappa shape index (κ2) is 8.07. The topological polar surface area (TPSA) is 71.1 Å². The molecule has 0 saturated carbocycles. The van der Waals surface area contributed by atoms with Crippen LogP contribution in [0.1, 0.15) is 35.3 Å². The minimum absolute atomic E-state index is 0.116. The number of pyridine rings is 1.